The van der Waals surface area contributed by atoms with Crippen molar-refractivity contribution in [1.82, 2.24) is 5.32 Å². The second kappa shape index (κ2) is 2.71. The standard InChI is InChI=1S/C11H19NO/c1-12-7-11(8-2-3-8)6-9-4-5-10(11)13-9/h8-10,12H,2-7H2,1H3. The van der Waals surface area contributed by atoms with Gasteiger partial charge in [0, 0.05) is 12.0 Å². The van der Waals surface area contributed by atoms with Gasteiger partial charge in [0.1, 0.15) is 0 Å². The molecule has 2 heteroatoms. The number of fused-ring (bicyclic) bond motifs is 2. The fourth-order valence-corrected chi connectivity index (χ4v) is 3.58. The lowest BCUT2D eigenvalue weighted by molar-refractivity contribution is 0.0504. The summed E-state index contributed by atoms with van der Waals surface area (Å²) in [7, 11) is 2.08. The molecule has 1 saturated carbocycles. The van der Waals surface area contributed by atoms with Gasteiger partial charge in [-0.15, -0.1) is 0 Å². The maximum atomic E-state index is 6.00. The van der Waals surface area contributed by atoms with E-state index in [1.165, 1.54) is 38.6 Å². The summed E-state index contributed by atoms with van der Waals surface area (Å²) in [6.07, 6.45) is 8.09. The third-order valence-corrected chi connectivity index (χ3v) is 4.25. The molecule has 0 spiro atoms. The van der Waals surface area contributed by atoms with Gasteiger partial charge in [-0.05, 0) is 45.1 Å². The highest BCUT2D eigenvalue weighted by molar-refractivity contribution is 5.08. The lowest BCUT2D eigenvalue weighted by atomic mass is 9.70. The minimum absolute atomic E-state index is 0.539. The normalized spacial score (nSPS) is 48.7. The van der Waals surface area contributed by atoms with Crippen LogP contribution in [0.4, 0.5) is 0 Å². The zero-order valence-electron chi connectivity index (χ0n) is 8.38. The molecule has 0 aromatic carbocycles. The molecule has 13 heavy (non-hydrogen) atoms. The third-order valence-electron chi connectivity index (χ3n) is 4.25. The van der Waals surface area contributed by atoms with Crippen LogP contribution >= 0.6 is 0 Å². The third kappa shape index (κ3) is 1.08. The molecule has 2 nitrogen and oxygen atoms in total. The molecule has 74 valence electrons. The van der Waals surface area contributed by atoms with Gasteiger partial charge in [-0.3, -0.25) is 0 Å². The molecule has 0 aromatic heterocycles. The number of ether oxygens (including phenoxy) is 1. The highest BCUT2D eigenvalue weighted by atomic mass is 16.5. The molecule has 0 aromatic rings. The van der Waals surface area contributed by atoms with E-state index in [2.05, 4.69) is 12.4 Å². The van der Waals surface area contributed by atoms with Crippen molar-refractivity contribution in [3.8, 4) is 0 Å². The van der Waals surface area contributed by atoms with Gasteiger partial charge in [0.05, 0.1) is 12.2 Å². The Hall–Kier alpha value is -0.0800. The van der Waals surface area contributed by atoms with Gasteiger partial charge >= 0.3 is 0 Å². The van der Waals surface area contributed by atoms with Gasteiger partial charge in [0.2, 0.25) is 0 Å². The van der Waals surface area contributed by atoms with Crippen LogP contribution in [0.1, 0.15) is 32.1 Å². The fraction of sp³-hybridized carbons (Fsp3) is 1.00. The minimum Gasteiger partial charge on any atom is -0.374 e. The van der Waals surface area contributed by atoms with E-state index in [0.717, 1.165) is 5.92 Å². The summed E-state index contributed by atoms with van der Waals surface area (Å²) in [6.45, 7) is 1.18. The van der Waals surface area contributed by atoms with E-state index in [1.54, 1.807) is 0 Å². The van der Waals surface area contributed by atoms with Crippen molar-refractivity contribution in [3.63, 3.8) is 0 Å². The average Bonchev–Trinajstić information content (AvgIpc) is 2.81. The molecule has 2 aliphatic heterocycles. The monoisotopic (exact) mass is 181 g/mol. The quantitative estimate of drug-likeness (QED) is 0.713. The first-order chi connectivity index (χ1) is 6.35. The molecule has 2 heterocycles. The van der Waals surface area contributed by atoms with Gasteiger partial charge < -0.3 is 10.1 Å². The molecule has 3 aliphatic rings. The molecule has 3 rings (SSSR count). The first kappa shape index (κ1) is 8.25. The van der Waals surface area contributed by atoms with Crippen LogP contribution in [0, 0.1) is 11.3 Å². The van der Waals surface area contributed by atoms with Crippen LogP contribution in [0.3, 0.4) is 0 Å². The summed E-state index contributed by atoms with van der Waals surface area (Å²) in [6, 6.07) is 0. The zero-order chi connectivity index (χ0) is 8.89. The van der Waals surface area contributed by atoms with Gasteiger partial charge in [0.25, 0.3) is 0 Å². The van der Waals surface area contributed by atoms with Crippen molar-refractivity contribution in [2.24, 2.45) is 11.3 Å². The summed E-state index contributed by atoms with van der Waals surface area (Å²) in [4.78, 5) is 0. The lowest BCUT2D eigenvalue weighted by Crippen LogP contribution is -2.42. The van der Waals surface area contributed by atoms with Crippen LogP contribution in [0.15, 0.2) is 0 Å². The van der Waals surface area contributed by atoms with E-state index in [9.17, 15) is 0 Å². The lowest BCUT2D eigenvalue weighted by Gasteiger charge is -2.35. The van der Waals surface area contributed by atoms with Crippen LogP contribution in [-0.4, -0.2) is 25.8 Å². The zero-order valence-corrected chi connectivity index (χ0v) is 8.38. The Morgan fingerprint density at radius 2 is 2.15 bits per heavy atom. The predicted molar refractivity (Wildman–Crippen MR) is 51.6 cm³/mol. The molecule has 0 radical (unpaired) electrons. The van der Waals surface area contributed by atoms with Crippen molar-refractivity contribution in [1.29, 1.82) is 0 Å². The number of nitrogens with one attached hydrogen (secondary N) is 1. The molecule has 2 saturated heterocycles. The van der Waals surface area contributed by atoms with Crippen molar-refractivity contribution >= 4 is 0 Å². The highest BCUT2D eigenvalue weighted by Crippen LogP contribution is 2.58. The van der Waals surface area contributed by atoms with E-state index in [4.69, 9.17) is 4.74 Å². The number of hydrogen-bond donors (Lipinski definition) is 1. The molecule has 1 N–H and O–H groups in total. The van der Waals surface area contributed by atoms with Crippen LogP contribution in [0.5, 0.6) is 0 Å². The maximum absolute atomic E-state index is 6.00. The van der Waals surface area contributed by atoms with E-state index < -0.39 is 0 Å². The highest BCUT2D eigenvalue weighted by Gasteiger charge is 2.58. The summed E-state index contributed by atoms with van der Waals surface area (Å²) in [5, 5.41) is 3.38. The average molecular weight is 181 g/mol. The Balaban J connectivity index is 1.83. The van der Waals surface area contributed by atoms with Crippen molar-refractivity contribution < 1.29 is 4.74 Å². The molecule has 3 fully saturated rings. The van der Waals surface area contributed by atoms with E-state index in [1.807, 2.05) is 0 Å². The van der Waals surface area contributed by atoms with Crippen LogP contribution in [0.2, 0.25) is 0 Å². The largest absolute Gasteiger partial charge is 0.374 e. The fourth-order valence-electron chi connectivity index (χ4n) is 3.58. The van der Waals surface area contributed by atoms with E-state index >= 15 is 0 Å². The minimum atomic E-state index is 0.539. The number of hydrogen-bond acceptors (Lipinski definition) is 2. The molecular formula is C11H19NO. The number of rotatable bonds is 3. The molecule has 3 unspecified atom stereocenters. The maximum Gasteiger partial charge on any atom is 0.0651 e. The predicted octanol–water partition coefficient (Wildman–Crippen LogP) is 1.55. The van der Waals surface area contributed by atoms with Crippen LogP contribution < -0.4 is 5.32 Å². The summed E-state index contributed by atoms with van der Waals surface area (Å²) in [5.41, 5.74) is 0.539. The smallest absolute Gasteiger partial charge is 0.0651 e. The molecular weight excluding hydrogens is 162 g/mol. The first-order valence-electron chi connectivity index (χ1n) is 5.65. The SMILES string of the molecule is CNCC1(C2CC2)CC2CCC1O2. The Labute approximate surface area is 80.0 Å². The Morgan fingerprint density at radius 1 is 1.31 bits per heavy atom. The molecule has 0 amide bonds. The Morgan fingerprint density at radius 3 is 2.62 bits per heavy atom. The van der Waals surface area contributed by atoms with Crippen molar-refractivity contribution in [3.05, 3.63) is 0 Å². The van der Waals surface area contributed by atoms with Gasteiger partial charge in [-0.1, -0.05) is 0 Å². The van der Waals surface area contributed by atoms with E-state index in [-0.39, 0.29) is 0 Å². The van der Waals surface area contributed by atoms with Crippen LogP contribution in [-0.2, 0) is 4.74 Å². The summed E-state index contributed by atoms with van der Waals surface area (Å²) < 4.78 is 6.00. The topological polar surface area (TPSA) is 21.3 Å². The van der Waals surface area contributed by atoms with Gasteiger partial charge in [-0.2, -0.15) is 0 Å². The second-order valence-electron chi connectivity index (χ2n) is 5.07. The van der Waals surface area contributed by atoms with Crippen molar-refractivity contribution in [2.45, 2.75) is 44.3 Å². The Bertz CT molecular complexity index is 214. The van der Waals surface area contributed by atoms with Crippen molar-refractivity contribution in [2.75, 3.05) is 13.6 Å². The van der Waals surface area contributed by atoms with Gasteiger partial charge in [0.15, 0.2) is 0 Å². The Kier molecular flexibility index (Phi) is 1.72. The van der Waals surface area contributed by atoms with Crippen LogP contribution in [0.25, 0.3) is 0 Å². The summed E-state index contributed by atoms with van der Waals surface area (Å²) in [5.74, 6) is 0.982. The molecule has 2 bridgehead atoms. The first-order valence-corrected chi connectivity index (χ1v) is 5.65. The second-order valence-corrected chi connectivity index (χ2v) is 5.07. The van der Waals surface area contributed by atoms with Gasteiger partial charge in [-0.25, -0.2) is 0 Å². The molecule has 3 atom stereocenters. The van der Waals surface area contributed by atoms with E-state index in [0.29, 0.717) is 17.6 Å². The summed E-state index contributed by atoms with van der Waals surface area (Å²) >= 11 is 0. The molecule has 1 aliphatic carbocycles.